The minimum absolute atomic E-state index is 0.0268. The van der Waals surface area contributed by atoms with Crippen molar-refractivity contribution in [1.29, 1.82) is 5.26 Å². The van der Waals surface area contributed by atoms with Crippen molar-refractivity contribution in [1.82, 2.24) is 0 Å². The Balaban J connectivity index is 1.91. The first-order valence-electron chi connectivity index (χ1n) is 9.61. The molecule has 0 aliphatic heterocycles. The predicted octanol–water partition coefficient (Wildman–Crippen LogP) is 7.05. The molecule has 0 spiro atoms. The monoisotopic (exact) mass is 576 g/mol. The number of nitrogens with zero attached hydrogens (tertiary/aromatic N) is 1. The molecule has 0 aliphatic rings. The second kappa shape index (κ2) is 10.9. The van der Waals surface area contributed by atoms with Gasteiger partial charge in [0.1, 0.15) is 17.4 Å². The van der Waals surface area contributed by atoms with Crippen molar-refractivity contribution in [3.05, 3.63) is 96.0 Å². The molecule has 0 atom stereocenters. The fourth-order valence-electron chi connectivity index (χ4n) is 3.13. The van der Waals surface area contributed by atoms with Crippen LogP contribution in [-0.4, -0.2) is 13.0 Å². The van der Waals surface area contributed by atoms with E-state index in [1.807, 2.05) is 49.4 Å². The average molecular weight is 577 g/mol. The van der Waals surface area contributed by atoms with Crippen LogP contribution >= 0.6 is 45.8 Å². The third kappa shape index (κ3) is 5.83. The molecule has 0 radical (unpaired) electrons. The molecule has 0 aliphatic carbocycles. The summed E-state index contributed by atoms with van der Waals surface area (Å²) in [4.78, 5) is 12.7. The fraction of sp³-hybridized carbons (Fsp3) is 0.120. The lowest BCUT2D eigenvalue weighted by Gasteiger charge is -2.13. The van der Waals surface area contributed by atoms with Crippen molar-refractivity contribution in [3.8, 4) is 11.8 Å². The minimum atomic E-state index is -0.507. The molecule has 0 fully saturated rings. The highest BCUT2D eigenvalue weighted by atomic mass is 127. The van der Waals surface area contributed by atoms with Crippen molar-refractivity contribution in [2.24, 2.45) is 0 Å². The van der Waals surface area contributed by atoms with Gasteiger partial charge in [-0.15, -0.1) is 0 Å². The summed E-state index contributed by atoms with van der Waals surface area (Å²) >= 11 is 14.6. The number of carbonyl (C=O) groups is 1. The van der Waals surface area contributed by atoms with E-state index in [1.54, 1.807) is 31.4 Å². The SMILES string of the molecule is COc1cc(/C=C(\C#N)C(=O)Nc2cc(Cl)ccc2C)cc(I)c1Cc1ccccc1Cl. The number of halogens is 3. The topological polar surface area (TPSA) is 62.1 Å². The summed E-state index contributed by atoms with van der Waals surface area (Å²) in [5, 5.41) is 13.5. The Morgan fingerprint density at radius 1 is 1.19 bits per heavy atom. The van der Waals surface area contributed by atoms with Crippen molar-refractivity contribution >= 4 is 63.5 Å². The molecule has 1 N–H and O–H groups in total. The Morgan fingerprint density at radius 3 is 2.62 bits per heavy atom. The average Bonchev–Trinajstić information content (AvgIpc) is 2.77. The smallest absolute Gasteiger partial charge is 0.266 e. The predicted molar refractivity (Wildman–Crippen MR) is 138 cm³/mol. The summed E-state index contributed by atoms with van der Waals surface area (Å²) in [6.45, 7) is 1.85. The number of hydrogen-bond donors (Lipinski definition) is 1. The van der Waals surface area contributed by atoms with Crippen LogP contribution in [0.4, 0.5) is 5.69 Å². The zero-order valence-electron chi connectivity index (χ0n) is 17.4. The number of hydrogen-bond acceptors (Lipinski definition) is 3. The zero-order valence-corrected chi connectivity index (χ0v) is 21.0. The number of carbonyl (C=O) groups excluding carboxylic acids is 1. The van der Waals surface area contributed by atoms with Crippen LogP contribution in [0.3, 0.4) is 0 Å². The van der Waals surface area contributed by atoms with Gasteiger partial charge in [0.2, 0.25) is 0 Å². The van der Waals surface area contributed by atoms with Crippen LogP contribution in [0.15, 0.2) is 60.2 Å². The highest BCUT2D eigenvalue weighted by Gasteiger charge is 2.15. The zero-order chi connectivity index (χ0) is 23.3. The summed E-state index contributed by atoms with van der Waals surface area (Å²) in [5.41, 5.74) is 4.04. The molecule has 4 nitrogen and oxygen atoms in total. The highest BCUT2D eigenvalue weighted by molar-refractivity contribution is 14.1. The van der Waals surface area contributed by atoms with E-state index in [0.717, 1.165) is 20.3 Å². The van der Waals surface area contributed by atoms with Crippen LogP contribution < -0.4 is 10.1 Å². The van der Waals surface area contributed by atoms with E-state index in [1.165, 1.54) is 0 Å². The number of nitrogens with one attached hydrogen (secondary N) is 1. The summed E-state index contributed by atoms with van der Waals surface area (Å²) in [7, 11) is 1.59. The van der Waals surface area contributed by atoms with Gasteiger partial charge in [-0.1, -0.05) is 47.5 Å². The molecule has 3 aromatic carbocycles. The molecule has 0 unspecified atom stereocenters. The van der Waals surface area contributed by atoms with E-state index >= 15 is 0 Å². The van der Waals surface area contributed by atoms with Gasteiger partial charge >= 0.3 is 0 Å². The molecule has 0 bridgehead atoms. The lowest BCUT2D eigenvalue weighted by molar-refractivity contribution is -0.112. The molecule has 3 rings (SSSR count). The van der Waals surface area contributed by atoms with Gasteiger partial charge < -0.3 is 10.1 Å². The molecule has 3 aromatic rings. The number of anilines is 1. The third-order valence-electron chi connectivity index (χ3n) is 4.85. The first kappa shape index (κ1) is 24.1. The van der Waals surface area contributed by atoms with Gasteiger partial charge in [0.25, 0.3) is 5.91 Å². The molecule has 7 heteroatoms. The number of aryl methyl sites for hydroxylation is 1. The molecule has 32 heavy (non-hydrogen) atoms. The molecular formula is C25H19Cl2IN2O2. The lowest BCUT2D eigenvalue weighted by atomic mass is 10.0. The molecule has 0 heterocycles. The largest absolute Gasteiger partial charge is 0.496 e. The molecular weight excluding hydrogens is 558 g/mol. The van der Waals surface area contributed by atoms with E-state index < -0.39 is 5.91 Å². The van der Waals surface area contributed by atoms with Crippen LogP contribution in [0, 0.1) is 21.8 Å². The van der Waals surface area contributed by atoms with Gasteiger partial charge in [0.05, 0.1) is 7.11 Å². The number of amides is 1. The second-order valence-corrected chi connectivity index (χ2v) is 9.04. The number of methoxy groups -OCH3 is 1. The lowest BCUT2D eigenvalue weighted by Crippen LogP contribution is -2.14. The Labute approximate surface area is 210 Å². The molecule has 162 valence electrons. The maximum atomic E-state index is 12.7. The van der Waals surface area contributed by atoms with Gasteiger partial charge in [0, 0.05) is 31.3 Å². The van der Waals surface area contributed by atoms with Gasteiger partial charge in [-0.2, -0.15) is 5.26 Å². The first-order valence-corrected chi connectivity index (χ1v) is 11.4. The standard InChI is InChI=1S/C25H19Cl2IN2O2/c1-15-7-8-19(26)13-23(15)30-25(31)18(14-29)9-16-10-22(28)20(24(11-16)32-2)12-17-5-3-4-6-21(17)27/h3-11,13H,12H2,1-2H3,(H,30,31)/b18-9+. The Bertz CT molecular complexity index is 1250. The van der Waals surface area contributed by atoms with Gasteiger partial charge in [-0.3, -0.25) is 4.79 Å². The molecule has 1 amide bonds. The van der Waals surface area contributed by atoms with E-state index in [2.05, 4.69) is 27.9 Å². The Kier molecular flexibility index (Phi) is 8.19. The van der Waals surface area contributed by atoms with Gasteiger partial charge in [-0.05, 0) is 82.6 Å². The molecule has 0 saturated carbocycles. The van der Waals surface area contributed by atoms with E-state index in [0.29, 0.717) is 33.5 Å². The van der Waals surface area contributed by atoms with Gasteiger partial charge in [-0.25, -0.2) is 0 Å². The summed E-state index contributed by atoms with van der Waals surface area (Å²) < 4.78 is 6.55. The fourth-order valence-corrected chi connectivity index (χ4v) is 4.33. The number of benzene rings is 3. The highest BCUT2D eigenvalue weighted by Crippen LogP contribution is 2.31. The maximum absolute atomic E-state index is 12.7. The number of nitriles is 1. The number of rotatable bonds is 6. The van der Waals surface area contributed by atoms with E-state index in [9.17, 15) is 10.1 Å². The summed E-state index contributed by atoms with van der Waals surface area (Å²) in [6.07, 6.45) is 2.14. The number of ether oxygens (including phenoxy) is 1. The Hall–Kier alpha value is -2.53. The molecule has 0 saturated heterocycles. The van der Waals surface area contributed by atoms with E-state index in [-0.39, 0.29) is 5.57 Å². The third-order valence-corrected chi connectivity index (χ3v) is 6.41. The summed E-state index contributed by atoms with van der Waals surface area (Å²) in [5.74, 6) is 0.151. The normalized spacial score (nSPS) is 11.1. The maximum Gasteiger partial charge on any atom is 0.266 e. The van der Waals surface area contributed by atoms with Crippen LogP contribution in [0.25, 0.3) is 6.08 Å². The van der Waals surface area contributed by atoms with Crippen LogP contribution in [0.5, 0.6) is 5.75 Å². The van der Waals surface area contributed by atoms with E-state index in [4.69, 9.17) is 27.9 Å². The van der Waals surface area contributed by atoms with Crippen LogP contribution in [0.1, 0.15) is 22.3 Å². The van der Waals surface area contributed by atoms with Gasteiger partial charge in [0.15, 0.2) is 0 Å². The molecule has 0 aromatic heterocycles. The second-order valence-electron chi connectivity index (χ2n) is 7.03. The Morgan fingerprint density at radius 2 is 1.94 bits per heavy atom. The summed E-state index contributed by atoms with van der Waals surface area (Å²) in [6, 6.07) is 18.6. The quantitative estimate of drug-likeness (QED) is 0.194. The van der Waals surface area contributed by atoms with Crippen molar-refractivity contribution in [3.63, 3.8) is 0 Å². The minimum Gasteiger partial charge on any atom is -0.496 e. The van der Waals surface area contributed by atoms with Crippen LogP contribution in [0.2, 0.25) is 10.0 Å². The van der Waals surface area contributed by atoms with Crippen molar-refractivity contribution in [2.75, 3.05) is 12.4 Å². The van der Waals surface area contributed by atoms with Crippen LogP contribution in [-0.2, 0) is 11.2 Å². The van der Waals surface area contributed by atoms with Crippen molar-refractivity contribution in [2.45, 2.75) is 13.3 Å². The van der Waals surface area contributed by atoms with Crippen molar-refractivity contribution < 1.29 is 9.53 Å². The first-order chi connectivity index (χ1) is 15.3.